The number of ether oxygens (including phenoxy) is 1. The van der Waals surface area contributed by atoms with Crippen LogP contribution in [0.4, 0.5) is 11.4 Å². The maximum Gasteiger partial charge on any atom is 0.293 e. The molecule has 0 saturated carbocycles. The van der Waals surface area contributed by atoms with Crippen molar-refractivity contribution in [3.63, 3.8) is 0 Å². The highest BCUT2D eigenvalue weighted by molar-refractivity contribution is 7.10. The zero-order chi connectivity index (χ0) is 18.4. The van der Waals surface area contributed by atoms with E-state index in [1.165, 1.54) is 6.07 Å². The lowest BCUT2D eigenvalue weighted by atomic mass is 10.1. The number of benzene rings is 1. The van der Waals surface area contributed by atoms with Gasteiger partial charge in [0.1, 0.15) is 5.69 Å². The van der Waals surface area contributed by atoms with Gasteiger partial charge < -0.3 is 15.0 Å². The number of rotatable bonds is 8. The molecule has 1 atom stereocenters. The van der Waals surface area contributed by atoms with E-state index in [1.807, 2.05) is 24.4 Å². The number of amides is 1. The molecule has 25 heavy (non-hydrogen) atoms. The van der Waals surface area contributed by atoms with Crippen LogP contribution >= 0.6 is 11.3 Å². The molecule has 1 amide bonds. The monoisotopic (exact) mass is 363 g/mol. The first kappa shape index (κ1) is 18.9. The number of hydrogen-bond acceptors (Lipinski definition) is 6. The molecule has 0 spiro atoms. The van der Waals surface area contributed by atoms with Gasteiger partial charge in [0.25, 0.3) is 11.6 Å². The smallest absolute Gasteiger partial charge is 0.293 e. The fraction of sp³-hybridized carbons (Fsp3) is 0.353. The third-order valence-electron chi connectivity index (χ3n) is 3.92. The Morgan fingerprint density at radius 3 is 2.80 bits per heavy atom. The van der Waals surface area contributed by atoms with Crippen molar-refractivity contribution >= 4 is 28.6 Å². The lowest BCUT2D eigenvalue weighted by Gasteiger charge is -2.24. The maximum absolute atomic E-state index is 12.7. The average molecular weight is 363 g/mol. The van der Waals surface area contributed by atoms with Crippen LogP contribution in [0.5, 0.6) is 0 Å². The number of thiophene rings is 1. The van der Waals surface area contributed by atoms with E-state index in [-0.39, 0.29) is 23.2 Å². The summed E-state index contributed by atoms with van der Waals surface area (Å²) < 4.78 is 4.93. The standard InChI is InChI=1S/C17H21N3O4S/c1-12(16-5-4-10-25-16)19(2)17(21)13-6-7-14(18-8-9-24-3)15(11-13)20(22)23/h4-7,10-12,18H,8-9H2,1-3H3. The van der Waals surface area contributed by atoms with Gasteiger partial charge in [-0.3, -0.25) is 14.9 Å². The minimum atomic E-state index is -0.491. The lowest BCUT2D eigenvalue weighted by molar-refractivity contribution is -0.384. The van der Waals surface area contributed by atoms with Crippen LogP contribution in [0.25, 0.3) is 0 Å². The van der Waals surface area contributed by atoms with Crippen LogP contribution in [-0.4, -0.2) is 43.0 Å². The SMILES string of the molecule is COCCNc1ccc(C(=O)N(C)C(C)c2cccs2)cc1[N+](=O)[O-]. The molecule has 0 bridgehead atoms. The molecule has 0 aliphatic carbocycles. The molecule has 1 aromatic heterocycles. The highest BCUT2D eigenvalue weighted by Crippen LogP contribution is 2.28. The van der Waals surface area contributed by atoms with Crippen LogP contribution < -0.4 is 5.32 Å². The van der Waals surface area contributed by atoms with Gasteiger partial charge in [-0.1, -0.05) is 6.07 Å². The zero-order valence-corrected chi connectivity index (χ0v) is 15.2. The van der Waals surface area contributed by atoms with Crippen molar-refractivity contribution in [3.05, 3.63) is 56.3 Å². The normalized spacial score (nSPS) is 11.8. The van der Waals surface area contributed by atoms with Gasteiger partial charge in [-0.15, -0.1) is 11.3 Å². The number of nitro benzene ring substituents is 1. The molecule has 0 aliphatic rings. The molecule has 7 nitrogen and oxygen atoms in total. The van der Waals surface area contributed by atoms with E-state index in [9.17, 15) is 14.9 Å². The molecule has 1 aromatic carbocycles. The molecular weight excluding hydrogens is 342 g/mol. The van der Waals surface area contributed by atoms with Gasteiger partial charge in [-0.25, -0.2) is 0 Å². The van der Waals surface area contributed by atoms with E-state index in [4.69, 9.17) is 4.74 Å². The third kappa shape index (κ3) is 4.55. The quantitative estimate of drug-likeness (QED) is 0.440. The zero-order valence-electron chi connectivity index (χ0n) is 14.4. The number of carbonyl (C=O) groups excluding carboxylic acids is 1. The molecule has 0 radical (unpaired) electrons. The van der Waals surface area contributed by atoms with E-state index in [0.717, 1.165) is 4.88 Å². The van der Waals surface area contributed by atoms with Crippen LogP contribution in [0.2, 0.25) is 0 Å². The van der Waals surface area contributed by atoms with Gasteiger partial charge in [0, 0.05) is 37.2 Å². The van der Waals surface area contributed by atoms with Crippen molar-refractivity contribution in [1.29, 1.82) is 0 Å². The Bertz CT molecular complexity index is 733. The fourth-order valence-corrected chi connectivity index (χ4v) is 3.18. The van der Waals surface area contributed by atoms with Crippen LogP contribution in [-0.2, 0) is 4.74 Å². The topological polar surface area (TPSA) is 84.7 Å². The highest BCUT2D eigenvalue weighted by Gasteiger charge is 2.23. The molecule has 0 aliphatic heterocycles. The Morgan fingerprint density at radius 2 is 2.20 bits per heavy atom. The maximum atomic E-state index is 12.7. The Kier molecular flexibility index (Phi) is 6.49. The van der Waals surface area contributed by atoms with Gasteiger partial charge in [0.05, 0.1) is 17.6 Å². The van der Waals surface area contributed by atoms with Gasteiger partial charge in [0.2, 0.25) is 0 Å². The van der Waals surface area contributed by atoms with Gasteiger partial charge in [0.15, 0.2) is 0 Å². The first-order valence-electron chi connectivity index (χ1n) is 7.77. The van der Waals surface area contributed by atoms with E-state index in [0.29, 0.717) is 18.8 Å². The number of hydrogen-bond donors (Lipinski definition) is 1. The van der Waals surface area contributed by atoms with Crippen LogP contribution in [0.3, 0.4) is 0 Å². The first-order valence-corrected chi connectivity index (χ1v) is 8.65. The average Bonchev–Trinajstić information content (AvgIpc) is 3.14. The third-order valence-corrected chi connectivity index (χ3v) is 4.96. The second kappa shape index (κ2) is 8.59. The largest absolute Gasteiger partial charge is 0.383 e. The Labute approximate surface area is 150 Å². The number of methoxy groups -OCH3 is 1. The minimum absolute atomic E-state index is 0.105. The second-order valence-electron chi connectivity index (χ2n) is 5.52. The summed E-state index contributed by atoms with van der Waals surface area (Å²) in [5.74, 6) is -0.257. The van der Waals surface area contributed by atoms with Crippen molar-refractivity contribution in [2.45, 2.75) is 13.0 Å². The van der Waals surface area contributed by atoms with Crippen molar-refractivity contribution in [2.75, 3.05) is 32.6 Å². The molecule has 8 heteroatoms. The Balaban J connectivity index is 2.21. The first-order chi connectivity index (χ1) is 12.0. The molecular formula is C17H21N3O4S. The number of anilines is 1. The van der Waals surface area contributed by atoms with E-state index >= 15 is 0 Å². The second-order valence-corrected chi connectivity index (χ2v) is 6.50. The lowest BCUT2D eigenvalue weighted by Crippen LogP contribution is -2.29. The van der Waals surface area contributed by atoms with E-state index in [1.54, 1.807) is 42.5 Å². The Morgan fingerprint density at radius 1 is 1.44 bits per heavy atom. The summed E-state index contributed by atoms with van der Waals surface area (Å²) in [5.41, 5.74) is 0.529. The predicted molar refractivity (Wildman–Crippen MR) is 98.3 cm³/mol. The van der Waals surface area contributed by atoms with E-state index < -0.39 is 4.92 Å². The minimum Gasteiger partial charge on any atom is -0.383 e. The summed E-state index contributed by atoms with van der Waals surface area (Å²) in [6.45, 7) is 2.80. The molecule has 2 rings (SSSR count). The summed E-state index contributed by atoms with van der Waals surface area (Å²) in [6, 6.07) is 8.26. The molecule has 134 valence electrons. The van der Waals surface area contributed by atoms with Crippen molar-refractivity contribution in [1.82, 2.24) is 4.90 Å². The number of nitro groups is 1. The fourth-order valence-electron chi connectivity index (χ4n) is 2.35. The van der Waals surface area contributed by atoms with Gasteiger partial charge >= 0.3 is 0 Å². The van der Waals surface area contributed by atoms with Crippen molar-refractivity contribution < 1.29 is 14.5 Å². The number of nitrogens with zero attached hydrogens (tertiary/aromatic N) is 2. The van der Waals surface area contributed by atoms with Crippen LogP contribution in [0.15, 0.2) is 35.7 Å². The Hall–Kier alpha value is -2.45. The van der Waals surface area contributed by atoms with Crippen LogP contribution in [0.1, 0.15) is 28.2 Å². The van der Waals surface area contributed by atoms with E-state index in [2.05, 4.69) is 5.32 Å². The summed E-state index contributed by atoms with van der Waals surface area (Å²) in [5, 5.41) is 16.2. The number of nitrogens with one attached hydrogen (secondary N) is 1. The molecule has 1 unspecified atom stereocenters. The van der Waals surface area contributed by atoms with Crippen LogP contribution in [0, 0.1) is 10.1 Å². The van der Waals surface area contributed by atoms with Crippen molar-refractivity contribution in [3.8, 4) is 0 Å². The van der Waals surface area contributed by atoms with Gasteiger partial charge in [-0.2, -0.15) is 0 Å². The van der Waals surface area contributed by atoms with Crippen molar-refractivity contribution in [2.24, 2.45) is 0 Å². The molecule has 1 heterocycles. The summed E-state index contributed by atoms with van der Waals surface area (Å²) in [7, 11) is 3.26. The highest BCUT2D eigenvalue weighted by atomic mass is 32.1. The number of carbonyl (C=O) groups is 1. The van der Waals surface area contributed by atoms with Gasteiger partial charge in [-0.05, 0) is 30.5 Å². The molecule has 0 saturated heterocycles. The summed E-state index contributed by atoms with van der Waals surface area (Å²) in [4.78, 5) is 26.2. The molecule has 2 aromatic rings. The predicted octanol–water partition coefficient (Wildman–Crippen LogP) is 3.55. The molecule has 0 fully saturated rings. The summed E-state index contributed by atoms with van der Waals surface area (Å²) >= 11 is 1.57. The summed E-state index contributed by atoms with van der Waals surface area (Å²) in [6.07, 6.45) is 0. The molecule has 1 N–H and O–H groups in total.